The Bertz CT molecular complexity index is 794. The van der Waals surface area contributed by atoms with Gasteiger partial charge < -0.3 is 9.47 Å². The van der Waals surface area contributed by atoms with E-state index in [0.29, 0.717) is 17.7 Å². The molecule has 1 N–H and O–H groups in total. The Kier molecular flexibility index (Phi) is 5.35. The van der Waals surface area contributed by atoms with E-state index in [1.165, 1.54) is 6.07 Å². The highest BCUT2D eigenvalue weighted by atomic mass is 32.2. The van der Waals surface area contributed by atoms with Gasteiger partial charge >= 0.3 is 0 Å². The lowest BCUT2D eigenvalue weighted by Gasteiger charge is -2.26. The second-order valence-corrected chi connectivity index (χ2v) is 7.13. The first kappa shape index (κ1) is 17.2. The van der Waals surface area contributed by atoms with Crippen LogP contribution in [0.25, 0.3) is 10.8 Å². The van der Waals surface area contributed by atoms with Crippen molar-refractivity contribution in [2.24, 2.45) is 0 Å². The summed E-state index contributed by atoms with van der Waals surface area (Å²) < 4.78 is 43.8. The molecule has 0 radical (unpaired) electrons. The number of hydrogen-bond acceptors (Lipinski definition) is 5. The summed E-state index contributed by atoms with van der Waals surface area (Å²) in [5.41, 5.74) is 0. The lowest BCUT2D eigenvalue weighted by molar-refractivity contribution is 0.0358. The molecule has 2 aromatic rings. The standard InChI is InChI=1S/C17H21NO5S/c19-24(20,21)16-7-2-5-14-4-1-6-15(17(14)16)23-11-3-8-18-9-12-22-13-10-18/h1-2,4-7H,3,8-13H2,(H,19,20,21). The van der Waals surface area contributed by atoms with E-state index in [0.717, 1.165) is 44.7 Å². The van der Waals surface area contributed by atoms with E-state index >= 15 is 0 Å². The van der Waals surface area contributed by atoms with Crippen LogP contribution in [0.2, 0.25) is 0 Å². The first-order valence-corrected chi connectivity index (χ1v) is 9.42. The quantitative estimate of drug-likeness (QED) is 0.635. The predicted octanol–water partition coefficient (Wildman–Crippen LogP) is 2.19. The van der Waals surface area contributed by atoms with Gasteiger partial charge in [0.05, 0.1) is 19.8 Å². The third kappa shape index (κ3) is 4.05. The van der Waals surface area contributed by atoms with Crippen molar-refractivity contribution in [1.29, 1.82) is 0 Å². The summed E-state index contributed by atoms with van der Waals surface area (Å²) >= 11 is 0. The van der Waals surface area contributed by atoms with Crippen LogP contribution in [0.5, 0.6) is 5.75 Å². The molecule has 24 heavy (non-hydrogen) atoms. The number of benzene rings is 2. The molecule has 0 saturated carbocycles. The maximum atomic E-state index is 11.6. The number of morpholine rings is 1. The van der Waals surface area contributed by atoms with Crippen LogP contribution in [0, 0.1) is 0 Å². The summed E-state index contributed by atoms with van der Waals surface area (Å²) in [6, 6.07) is 10.1. The van der Waals surface area contributed by atoms with Gasteiger partial charge in [0.15, 0.2) is 0 Å². The second-order valence-electron chi connectivity index (χ2n) is 5.74. The first-order chi connectivity index (χ1) is 11.6. The van der Waals surface area contributed by atoms with Crippen molar-refractivity contribution < 1.29 is 22.4 Å². The Morgan fingerprint density at radius 3 is 2.54 bits per heavy atom. The summed E-state index contributed by atoms with van der Waals surface area (Å²) in [5, 5.41) is 1.14. The average Bonchev–Trinajstić information content (AvgIpc) is 2.58. The summed E-state index contributed by atoms with van der Waals surface area (Å²) in [7, 11) is -4.30. The van der Waals surface area contributed by atoms with E-state index < -0.39 is 10.1 Å². The van der Waals surface area contributed by atoms with Crippen molar-refractivity contribution in [3.8, 4) is 5.75 Å². The zero-order valence-electron chi connectivity index (χ0n) is 13.3. The number of rotatable bonds is 6. The Morgan fingerprint density at radius 1 is 1.12 bits per heavy atom. The van der Waals surface area contributed by atoms with E-state index in [9.17, 15) is 13.0 Å². The van der Waals surface area contributed by atoms with Crippen molar-refractivity contribution in [3.05, 3.63) is 36.4 Å². The van der Waals surface area contributed by atoms with Crippen LogP contribution >= 0.6 is 0 Å². The maximum Gasteiger partial charge on any atom is 0.295 e. The monoisotopic (exact) mass is 351 g/mol. The highest BCUT2D eigenvalue weighted by molar-refractivity contribution is 7.86. The van der Waals surface area contributed by atoms with Gasteiger partial charge in [-0.15, -0.1) is 0 Å². The fourth-order valence-corrected chi connectivity index (χ4v) is 3.63. The van der Waals surface area contributed by atoms with Gasteiger partial charge in [0.25, 0.3) is 10.1 Å². The number of hydrogen-bond donors (Lipinski definition) is 1. The van der Waals surface area contributed by atoms with Gasteiger partial charge in [0, 0.05) is 25.0 Å². The van der Waals surface area contributed by atoms with Gasteiger partial charge in [-0.3, -0.25) is 9.45 Å². The number of nitrogens with zero attached hydrogens (tertiary/aromatic N) is 1. The SMILES string of the molecule is O=S(=O)(O)c1cccc2cccc(OCCCN3CCOCC3)c12. The Hall–Kier alpha value is -1.67. The molecule has 6 nitrogen and oxygen atoms in total. The molecule has 0 unspecified atom stereocenters. The van der Waals surface area contributed by atoms with E-state index in [-0.39, 0.29) is 4.90 Å². The minimum atomic E-state index is -4.30. The van der Waals surface area contributed by atoms with Crippen LogP contribution in [0.15, 0.2) is 41.3 Å². The molecule has 0 spiro atoms. The second kappa shape index (κ2) is 7.48. The smallest absolute Gasteiger partial charge is 0.295 e. The van der Waals surface area contributed by atoms with Crippen LogP contribution in [-0.4, -0.2) is 57.3 Å². The molecule has 1 aliphatic rings. The minimum Gasteiger partial charge on any atom is -0.493 e. The van der Waals surface area contributed by atoms with Crippen LogP contribution in [0.3, 0.4) is 0 Å². The molecule has 1 fully saturated rings. The van der Waals surface area contributed by atoms with Crippen molar-refractivity contribution in [3.63, 3.8) is 0 Å². The molecule has 0 aromatic heterocycles. The highest BCUT2D eigenvalue weighted by Gasteiger charge is 2.17. The Labute approximate surface area is 141 Å². The molecular formula is C17H21NO5S. The summed E-state index contributed by atoms with van der Waals surface area (Å²) in [6.07, 6.45) is 0.838. The minimum absolute atomic E-state index is 0.122. The molecule has 1 saturated heterocycles. The zero-order valence-corrected chi connectivity index (χ0v) is 14.2. The van der Waals surface area contributed by atoms with Crippen molar-refractivity contribution in [2.45, 2.75) is 11.3 Å². The first-order valence-electron chi connectivity index (χ1n) is 7.98. The lowest BCUT2D eigenvalue weighted by Crippen LogP contribution is -2.37. The summed E-state index contributed by atoms with van der Waals surface area (Å²) in [4.78, 5) is 2.20. The van der Waals surface area contributed by atoms with E-state index in [1.54, 1.807) is 24.3 Å². The van der Waals surface area contributed by atoms with Gasteiger partial charge in [0.2, 0.25) is 0 Å². The molecule has 1 aliphatic heterocycles. The van der Waals surface area contributed by atoms with Gasteiger partial charge in [-0.25, -0.2) is 0 Å². The fraction of sp³-hybridized carbons (Fsp3) is 0.412. The molecule has 130 valence electrons. The third-order valence-electron chi connectivity index (χ3n) is 4.09. The van der Waals surface area contributed by atoms with Crippen molar-refractivity contribution in [1.82, 2.24) is 4.90 Å². The lowest BCUT2D eigenvalue weighted by atomic mass is 10.1. The number of ether oxygens (including phenoxy) is 2. The molecule has 0 aliphatic carbocycles. The van der Waals surface area contributed by atoms with Crippen LogP contribution in [-0.2, 0) is 14.9 Å². The van der Waals surface area contributed by atoms with Crippen molar-refractivity contribution >= 4 is 20.9 Å². The highest BCUT2D eigenvalue weighted by Crippen LogP contribution is 2.31. The third-order valence-corrected chi connectivity index (χ3v) is 4.98. The van der Waals surface area contributed by atoms with Crippen LogP contribution < -0.4 is 4.74 Å². The van der Waals surface area contributed by atoms with Gasteiger partial charge in [-0.05, 0) is 23.9 Å². The van der Waals surface area contributed by atoms with Crippen LogP contribution in [0.1, 0.15) is 6.42 Å². The molecule has 0 bridgehead atoms. The van der Waals surface area contributed by atoms with Crippen molar-refractivity contribution in [2.75, 3.05) is 39.5 Å². The van der Waals surface area contributed by atoms with E-state index in [4.69, 9.17) is 9.47 Å². The van der Waals surface area contributed by atoms with E-state index in [2.05, 4.69) is 4.90 Å². The molecule has 0 atom stereocenters. The predicted molar refractivity (Wildman–Crippen MR) is 91.1 cm³/mol. The fourth-order valence-electron chi connectivity index (χ4n) is 2.90. The van der Waals surface area contributed by atoms with E-state index in [1.807, 2.05) is 6.07 Å². The topological polar surface area (TPSA) is 76.1 Å². The zero-order chi connectivity index (χ0) is 17.0. The molecule has 1 heterocycles. The van der Waals surface area contributed by atoms with Gasteiger partial charge in [-0.2, -0.15) is 8.42 Å². The van der Waals surface area contributed by atoms with Crippen LogP contribution in [0.4, 0.5) is 0 Å². The molecule has 2 aromatic carbocycles. The normalized spacial score (nSPS) is 16.4. The van der Waals surface area contributed by atoms with Gasteiger partial charge in [0.1, 0.15) is 10.6 Å². The molecular weight excluding hydrogens is 330 g/mol. The number of fused-ring (bicyclic) bond motifs is 1. The molecule has 7 heteroatoms. The maximum absolute atomic E-state index is 11.6. The molecule has 0 amide bonds. The molecule has 3 rings (SSSR count). The summed E-state index contributed by atoms with van der Waals surface area (Å²) in [5.74, 6) is 0.475. The largest absolute Gasteiger partial charge is 0.493 e. The Morgan fingerprint density at radius 2 is 1.83 bits per heavy atom. The average molecular weight is 351 g/mol. The Balaban J connectivity index is 1.72. The summed E-state index contributed by atoms with van der Waals surface area (Å²) in [6.45, 7) is 4.79. The van der Waals surface area contributed by atoms with Gasteiger partial charge in [-0.1, -0.05) is 24.3 Å².